The Balaban J connectivity index is 1.83. The van der Waals surface area contributed by atoms with Crippen molar-refractivity contribution in [2.45, 2.75) is 57.5 Å². The Morgan fingerprint density at radius 2 is 2.22 bits per heavy atom. The predicted molar refractivity (Wildman–Crippen MR) is 68.1 cm³/mol. The fourth-order valence-corrected chi connectivity index (χ4v) is 2.87. The van der Waals surface area contributed by atoms with Gasteiger partial charge in [0.05, 0.1) is 12.2 Å². The summed E-state index contributed by atoms with van der Waals surface area (Å²) in [6.45, 7) is 4.73. The molecule has 4 atom stereocenters. The molecule has 0 aromatic rings. The molecule has 1 saturated heterocycles. The lowest BCUT2D eigenvalue weighted by atomic mass is 9.64. The molecule has 4 unspecified atom stereocenters. The molecule has 1 saturated carbocycles. The molecule has 2 fully saturated rings. The monoisotopic (exact) mass is 256 g/mol. The Labute approximate surface area is 108 Å². The van der Waals surface area contributed by atoms with Crippen molar-refractivity contribution in [3.05, 3.63) is 0 Å². The summed E-state index contributed by atoms with van der Waals surface area (Å²) in [4.78, 5) is 12.1. The van der Waals surface area contributed by atoms with Crippen molar-refractivity contribution in [3.8, 4) is 0 Å². The first-order valence-electron chi connectivity index (χ1n) is 6.67. The van der Waals surface area contributed by atoms with E-state index in [2.05, 4.69) is 19.2 Å². The van der Waals surface area contributed by atoms with Crippen molar-refractivity contribution < 1.29 is 14.3 Å². The summed E-state index contributed by atoms with van der Waals surface area (Å²) in [7, 11) is 1.72. The third-order valence-corrected chi connectivity index (χ3v) is 4.44. The second-order valence-electron chi connectivity index (χ2n) is 5.90. The molecule has 104 valence electrons. The molecule has 1 aliphatic heterocycles. The maximum Gasteiger partial charge on any atom is 0.249 e. The number of carbonyl (C=O) groups is 1. The van der Waals surface area contributed by atoms with Crippen LogP contribution in [0.1, 0.15) is 33.1 Å². The number of ether oxygens (including phenoxy) is 2. The maximum atomic E-state index is 12.1. The number of hydrogen-bond donors (Lipinski definition) is 2. The van der Waals surface area contributed by atoms with Crippen molar-refractivity contribution in [1.82, 2.24) is 5.32 Å². The van der Waals surface area contributed by atoms with E-state index in [1.54, 1.807) is 7.11 Å². The molecule has 0 spiro atoms. The van der Waals surface area contributed by atoms with Crippen molar-refractivity contribution in [2.75, 3.05) is 13.7 Å². The highest BCUT2D eigenvalue weighted by Gasteiger charge is 2.49. The quantitative estimate of drug-likeness (QED) is 0.764. The molecule has 5 nitrogen and oxygen atoms in total. The number of carbonyl (C=O) groups excluding carboxylic acids is 1. The van der Waals surface area contributed by atoms with E-state index in [1.165, 1.54) is 0 Å². The van der Waals surface area contributed by atoms with Gasteiger partial charge in [0.2, 0.25) is 5.91 Å². The van der Waals surface area contributed by atoms with E-state index in [0.717, 1.165) is 19.3 Å². The molecule has 0 aromatic carbocycles. The maximum absolute atomic E-state index is 12.1. The third-order valence-electron chi connectivity index (χ3n) is 4.44. The Morgan fingerprint density at radius 1 is 1.50 bits per heavy atom. The Morgan fingerprint density at radius 3 is 2.72 bits per heavy atom. The molecule has 0 radical (unpaired) electrons. The molecule has 0 bridgehead atoms. The summed E-state index contributed by atoms with van der Waals surface area (Å²) in [5.74, 6) is -0.00132. The number of amides is 1. The number of rotatable bonds is 4. The molecule has 1 amide bonds. The summed E-state index contributed by atoms with van der Waals surface area (Å²) < 4.78 is 11.0. The van der Waals surface area contributed by atoms with E-state index in [-0.39, 0.29) is 35.7 Å². The fraction of sp³-hybridized carbons (Fsp3) is 0.923. The summed E-state index contributed by atoms with van der Waals surface area (Å²) in [6, 6.07) is 0.176. The lowest BCUT2D eigenvalue weighted by molar-refractivity contribution is -0.142. The number of nitrogens with two attached hydrogens (primary N) is 1. The summed E-state index contributed by atoms with van der Waals surface area (Å²) in [5.41, 5.74) is 5.54. The minimum atomic E-state index is -0.323. The van der Waals surface area contributed by atoms with Crippen LogP contribution in [0.2, 0.25) is 0 Å². The summed E-state index contributed by atoms with van der Waals surface area (Å²) in [5, 5.41) is 3.07. The minimum Gasteiger partial charge on any atom is -0.381 e. The van der Waals surface area contributed by atoms with Crippen molar-refractivity contribution in [2.24, 2.45) is 11.1 Å². The topological polar surface area (TPSA) is 73.6 Å². The van der Waals surface area contributed by atoms with Crippen LogP contribution < -0.4 is 11.1 Å². The number of nitrogens with one attached hydrogen (secondary N) is 1. The van der Waals surface area contributed by atoms with Gasteiger partial charge in [0.1, 0.15) is 6.10 Å². The lowest BCUT2D eigenvalue weighted by Crippen LogP contribution is -2.62. The van der Waals surface area contributed by atoms with Gasteiger partial charge in [-0.2, -0.15) is 0 Å². The highest BCUT2D eigenvalue weighted by atomic mass is 16.5. The second kappa shape index (κ2) is 5.15. The van der Waals surface area contributed by atoms with Crippen LogP contribution in [0.25, 0.3) is 0 Å². The third kappa shape index (κ3) is 2.39. The van der Waals surface area contributed by atoms with Crippen LogP contribution in [0.3, 0.4) is 0 Å². The van der Waals surface area contributed by atoms with E-state index >= 15 is 0 Å². The van der Waals surface area contributed by atoms with Crippen molar-refractivity contribution in [3.63, 3.8) is 0 Å². The molecule has 1 heterocycles. The molecule has 0 aromatic heterocycles. The highest BCUT2D eigenvalue weighted by Crippen LogP contribution is 2.42. The van der Waals surface area contributed by atoms with Crippen LogP contribution in [0.4, 0.5) is 0 Å². The van der Waals surface area contributed by atoms with E-state index in [0.29, 0.717) is 6.54 Å². The van der Waals surface area contributed by atoms with Gasteiger partial charge in [0.25, 0.3) is 0 Å². The van der Waals surface area contributed by atoms with Gasteiger partial charge in [-0.15, -0.1) is 0 Å². The van der Waals surface area contributed by atoms with Crippen LogP contribution in [0.5, 0.6) is 0 Å². The smallest absolute Gasteiger partial charge is 0.249 e. The zero-order valence-electron chi connectivity index (χ0n) is 11.4. The van der Waals surface area contributed by atoms with Crippen molar-refractivity contribution in [1.29, 1.82) is 0 Å². The first-order valence-corrected chi connectivity index (χ1v) is 6.67. The molecule has 5 heteroatoms. The van der Waals surface area contributed by atoms with Crippen LogP contribution in [0, 0.1) is 5.41 Å². The van der Waals surface area contributed by atoms with Gasteiger partial charge in [-0.25, -0.2) is 0 Å². The van der Waals surface area contributed by atoms with Gasteiger partial charge in [0, 0.05) is 25.1 Å². The van der Waals surface area contributed by atoms with E-state index in [9.17, 15) is 4.79 Å². The SMILES string of the molecule is COC1CC(NC(=O)C2CCC(CN)O2)C1(C)C. The van der Waals surface area contributed by atoms with Crippen molar-refractivity contribution >= 4 is 5.91 Å². The van der Waals surface area contributed by atoms with E-state index in [1.807, 2.05) is 0 Å². The number of methoxy groups -OCH3 is 1. The first kappa shape index (κ1) is 13.8. The normalized spacial score (nSPS) is 38.2. The van der Waals surface area contributed by atoms with Crippen LogP contribution in [0.15, 0.2) is 0 Å². The molecular weight excluding hydrogens is 232 g/mol. The van der Waals surface area contributed by atoms with Gasteiger partial charge >= 0.3 is 0 Å². The van der Waals surface area contributed by atoms with Gasteiger partial charge < -0.3 is 20.5 Å². The van der Waals surface area contributed by atoms with E-state index < -0.39 is 0 Å². The first-order chi connectivity index (χ1) is 8.48. The van der Waals surface area contributed by atoms with Crippen LogP contribution in [-0.2, 0) is 14.3 Å². The highest BCUT2D eigenvalue weighted by molar-refractivity contribution is 5.81. The largest absolute Gasteiger partial charge is 0.381 e. The zero-order valence-corrected chi connectivity index (χ0v) is 11.4. The predicted octanol–water partition coefficient (Wildman–Crippen LogP) is 0.422. The van der Waals surface area contributed by atoms with Crippen LogP contribution >= 0.6 is 0 Å². The Kier molecular flexibility index (Phi) is 3.94. The van der Waals surface area contributed by atoms with Gasteiger partial charge in [-0.3, -0.25) is 4.79 Å². The Bertz CT molecular complexity index is 319. The minimum absolute atomic E-state index is 0.00132. The average molecular weight is 256 g/mol. The van der Waals surface area contributed by atoms with Gasteiger partial charge in [-0.1, -0.05) is 13.8 Å². The van der Waals surface area contributed by atoms with E-state index in [4.69, 9.17) is 15.2 Å². The molecule has 1 aliphatic carbocycles. The molecular formula is C13H24N2O3. The molecule has 2 aliphatic rings. The summed E-state index contributed by atoms with van der Waals surface area (Å²) in [6.07, 6.45) is 2.47. The summed E-state index contributed by atoms with van der Waals surface area (Å²) >= 11 is 0. The zero-order chi connectivity index (χ0) is 13.3. The fourth-order valence-electron chi connectivity index (χ4n) is 2.87. The second-order valence-corrected chi connectivity index (χ2v) is 5.90. The lowest BCUT2D eigenvalue weighted by Gasteiger charge is -2.51. The Hall–Kier alpha value is -0.650. The number of hydrogen-bond acceptors (Lipinski definition) is 4. The molecule has 18 heavy (non-hydrogen) atoms. The van der Waals surface area contributed by atoms with Gasteiger partial charge in [0.15, 0.2) is 0 Å². The van der Waals surface area contributed by atoms with Gasteiger partial charge in [-0.05, 0) is 19.3 Å². The standard InChI is InChI=1S/C13H24N2O3/c1-13(2)10(6-11(13)17-3)15-12(16)9-5-4-8(7-14)18-9/h8-11H,4-7,14H2,1-3H3,(H,15,16). The molecule has 2 rings (SSSR count). The average Bonchev–Trinajstić information content (AvgIpc) is 2.82. The molecule has 3 N–H and O–H groups in total. The van der Waals surface area contributed by atoms with Crippen LogP contribution in [-0.4, -0.2) is 43.9 Å².